The van der Waals surface area contributed by atoms with Gasteiger partial charge in [0, 0.05) is 86.9 Å². The maximum Gasteiger partial charge on any atom is 0.241 e. The predicted molar refractivity (Wildman–Crippen MR) is 177 cm³/mol. The molecular weight excluding hydrogens is 582 g/mol. The number of halogens is 1. The average molecular weight is 624 g/mol. The van der Waals surface area contributed by atoms with Gasteiger partial charge in [-0.2, -0.15) is 0 Å². The summed E-state index contributed by atoms with van der Waals surface area (Å²) >= 11 is 6.23. The van der Waals surface area contributed by atoms with E-state index in [2.05, 4.69) is 81.1 Å². The summed E-state index contributed by atoms with van der Waals surface area (Å²) in [6, 6.07) is 25.3. The van der Waals surface area contributed by atoms with Gasteiger partial charge in [-0.25, -0.2) is 0 Å². The van der Waals surface area contributed by atoms with Crippen LogP contribution in [0.4, 0.5) is 5.69 Å². The van der Waals surface area contributed by atoms with Gasteiger partial charge in [-0.05, 0) is 66.1 Å². The average Bonchev–Trinajstić information content (AvgIpc) is 3.95. The van der Waals surface area contributed by atoms with E-state index in [0.717, 1.165) is 76.5 Å². The molecule has 2 N–H and O–H groups in total. The molecule has 0 spiro atoms. The van der Waals surface area contributed by atoms with Gasteiger partial charge < -0.3 is 15.1 Å². The summed E-state index contributed by atoms with van der Waals surface area (Å²) in [6.07, 6.45) is 4.39. The molecule has 234 valence electrons. The van der Waals surface area contributed by atoms with Crippen LogP contribution in [-0.4, -0.2) is 72.0 Å². The van der Waals surface area contributed by atoms with Crippen molar-refractivity contribution in [3.8, 4) is 0 Å². The molecule has 4 fully saturated rings. The number of para-hydroxylation sites is 1. The van der Waals surface area contributed by atoms with Gasteiger partial charge in [0.15, 0.2) is 0 Å². The van der Waals surface area contributed by atoms with E-state index in [0.29, 0.717) is 18.9 Å². The molecular formula is C37H42ClN5O2. The molecule has 3 heterocycles. The Morgan fingerprint density at radius 1 is 0.911 bits per heavy atom. The van der Waals surface area contributed by atoms with Crippen molar-refractivity contribution in [2.24, 2.45) is 0 Å². The van der Waals surface area contributed by atoms with E-state index in [1.165, 1.54) is 27.9 Å². The lowest BCUT2D eigenvalue weighted by Crippen LogP contribution is -2.54. The minimum atomic E-state index is -0.479. The Morgan fingerprint density at radius 2 is 1.69 bits per heavy atom. The second kappa shape index (κ2) is 11.4. The lowest BCUT2D eigenvalue weighted by atomic mass is 9.94. The Balaban J connectivity index is 0.930. The number of nitrogens with zero attached hydrogens (tertiary/aromatic N) is 3. The molecule has 2 saturated heterocycles. The summed E-state index contributed by atoms with van der Waals surface area (Å²) in [5.74, 6) is 0.987. The topological polar surface area (TPSA) is 67.9 Å². The van der Waals surface area contributed by atoms with Crippen molar-refractivity contribution < 1.29 is 9.59 Å². The number of fused-ring (bicyclic) bond motifs is 3. The largest absolute Gasteiger partial charge is 0.369 e. The summed E-state index contributed by atoms with van der Waals surface area (Å²) in [7, 11) is 0. The molecule has 3 aromatic rings. The fourth-order valence-corrected chi connectivity index (χ4v) is 8.43. The maximum absolute atomic E-state index is 14.0. The monoisotopic (exact) mass is 623 g/mol. The smallest absolute Gasteiger partial charge is 0.241 e. The molecule has 7 nitrogen and oxygen atoms in total. The van der Waals surface area contributed by atoms with Crippen molar-refractivity contribution in [2.45, 2.75) is 68.1 Å². The zero-order valence-electron chi connectivity index (χ0n) is 25.8. The van der Waals surface area contributed by atoms with Gasteiger partial charge in [0.1, 0.15) is 5.54 Å². The first-order valence-electron chi connectivity index (χ1n) is 16.7. The number of anilines is 1. The number of amides is 2. The normalized spacial score (nSPS) is 28.9. The standard InChI is InChI=1S/C37H42ClN5O2/c38-29-13-11-26(12-14-29)31-22-36(31,40-35(45)37-23-32(37)30-8-3-1-6-27(30)24-39-37)15-17-41-18-20-42(21-19-41)33-9-4-2-7-28(33)25-43-16-5-10-34(43)44/h1-4,6-9,11-14,31-32,39H,5,10,15-25H2,(H,40,45). The van der Waals surface area contributed by atoms with Crippen LogP contribution < -0.4 is 15.5 Å². The molecule has 4 atom stereocenters. The van der Waals surface area contributed by atoms with Gasteiger partial charge in [0.2, 0.25) is 11.8 Å². The third-order valence-corrected chi connectivity index (χ3v) is 11.5. The summed E-state index contributed by atoms with van der Waals surface area (Å²) < 4.78 is 0. The van der Waals surface area contributed by atoms with Crippen LogP contribution in [0.1, 0.15) is 66.2 Å². The minimum Gasteiger partial charge on any atom is -0.369 e. The highest BCUT2D eigenvalue weighted by atomic mass is 35.5. The van der Waals surface area contributed by atoms with Crippen LogP contribution in [0.2, 0.25) is 5.02 Å². The highest BCUT2D eigenvalue weighted by Gasteiger charge is 2.65. The van der Waals surface area contributed by atoms with Gasteiger partial charge in [-0.3, -0.25) is 19.8 Å². The van der Waals surface area contributed by atoms with Crippen molar-refractivity contribution in [1.82, 2.24) is 20.4 Å². The Hall–Kier alpha value is -3.39. The Kier molecular flexibility index (Phi) is 7.39. The Labute approximate surface area is 270 Å². The summed E-state index contributed by atoms with van der Waals surface area (Å²) in [4.78, 5) is 33.4. The first kappa shape index (κ1) is 29.0. The zero-order valence-corrected chi connectivity index (χ0v) is 26.6. The third-order valence-electron chi connectivity index (χ3n) is 11.2. The highest BCUT2D eigenvalue weighted by Crippen LogP contribution is 2.58. The second-order valence-corrected chi connectivity index (χ2v) is 14.3. The number of hydrogen-bond acceptors (Lipinski definition) is 5. The van der Waals surface area contributed by atoms with Crippen LogP contribution in [0.25, 0.3) is 0 Å². The van der Waals surface area contributed by atoms with E-state index in [-0.39, 0.29) is 23.3 Å². The first-order valence-corrected chi connectivity index (χ1v) is 17.1. The van der Waals surface area contributed by atoms with E-state index < -0.39 is 5.54 Å². The van der Waals surface area contributed by atoms with E-state index >= 15 is 0 Å². The summed E-state index contributed by atoms with van der Waals surface area (Å²) in [5.41, 5.74) is 5.68. The number of likely N-dealkylation sites (tertiary alicyclic amines) is 1. The van der Waals surface area contributed by atoms with Crippen LogP contribution in [0.5, 0.6) is 0 Å². The van der Waals surface area contributed by atoms with Gasteiger partial charge in [-0.1, -0.05) is 66.2 Å². The molecule has 45 heavy (non-hydrogen) atoms. The quantitative estimate of drug-likeness (QED) is 0.349. The number of piperazine rings is 1. The molecule has 8 heteroatoms. The van der Waals surface area contributed by atoms with E-state index in [1.807, 2.05) is 17.0 Å². The van der Waals surface area contributed by atoms with Gasteiger partial charge in [0.25, 0.3) is 0 Å². The molecule has 2 aliphatic carbocycles. The number of hydrogen-bond donors (Lipinski definition) is 2. The SMILES string of the molecule is O=C1CCCN1Cc1ccccc1N1CCN(CCC2(NC(=O)C34CC3c3ccccc3CN4)CC2c2ccc(Cl)cc2)CC1. The predicted octanol–water partition coefficient (Wildman–Crippen LogP) is 5.05. The minimum absolute atomic E-state index is 0.163. The van der Waals surface area contributed by atoms with Crippen LogP contribution in [0.15, 0.2) is 72.8 Å². The second-order valence-electron chi connectivity index (χ2n) is 13.8. The Bertz CT molecular complexity index is 1600. The number of rotatable bonds is 9. The molecule has 4 unspecified atom stereocenters. The van der Waals surface area contributed by atoms with Crippen molar-refractivity contribution in [3.63, 3.8) is 0 Å². The fourth-order valence-electron chi connectivity index (χ4n) is 8.30. The molecule has 2 saturated carbocycles. The molecule has 8 rings (SSSR count). The Morgan fingerprint density at radius 3 is 2.49 bits per heavy atom. The number of carbonyl (C=O) groups excluding carboxylic acids is 2. The summed E-state index contributed by atoms with van der Waals surface area (Å²) in [5, 5.41) is 8.00. The van der Waals surface area contributed by atoms with Crippen molar-refractivity contribution in [3.05, 3.63) is 100 Å². The van der Waals surface area contributed by atoms with Gasteiger partial charge in [-0.15, -0.1) is 0 Å². The van der Waals surface area contributed by atoms with Gasteiger partial charge in [0.05, 0.1) is 0 Å². The van der Waals surface area contributed by atoms with E-state index in [1.54, 1.807) is 0 Å². The molecule has 0 bridgehead atoms. The third kappa shape index (κ3) is 5.43. The van der Waals surface area contributed by atoms with Crippen LogP contribution in [0.3, 0.4) is 0 Å². The molecule has 0 aromatic heterocycles. The first-order chi connectivity index (χ1) is 21.9. The zero-order chi connectivity index (χ0) is 30.6. The van der Waals surface area contributed by atoms with Crippen LogP contribution >= 0.6 is 11.6 Å². The van der Waals surface area contributed by atoms with E-state index in [4.69, 9.17) is 11.6 Å². The van der Waals surface area contributed by atoms with Gasteiger partial charge >= 0.3 is 0 Å². The molecule has 2 amide bonds. The highest BCUT2D eigenvalue weighted by molar-refractivity contribution is 6.30. The number of benzene rings is 3. The van der Waals surface area contributed by atoms with Crippen molar-refractivity contribution >= 4 is 29.1 Å². The van der Waals surface area contributed by atoms with Crippen LogP contribution in [-0.2, 0) is 22.7 Å². The number of carbonyl (C=O) groups is 2. The molecule has 0 radical (unpaired) electrons. The van der Waals surface area contributed by atoms with Crippen LogP contribution in [0, 0.1) is 0 Å². The number of nitrogens with one attached hydrogen (secondary N) is 2. The molecule has 3 aliphatic heterocycles. The van der Waals surface area contributed by atoms with Crippen molar-refractivity contribution in [1.29, 1.82) is 0 Å². The molecule has 5 aliphatic rings. The maximum atomic E-state index is 14.0. The summed E-state index contributed by atoms with van der Waals surface area (Å²) in [6.45, 7) is 7.14. The lowest BCUT2D eigenvalue weighted by molar-refractivity contribution is -0.128. The van der Waals surface area contributed by atoms with E-state index in [9.17, 15) is 9.59 Å². The lowest BCUT2D eigenvalue weighted by Gasteiger charge is -2.38. The fraction of sp³-hybridized carbons (Fsp3) is 0.459. The van der Waals surface area contributed by atoms with Crippen molar-refractivity contribution in [2.75, 3.05) is 44.2 Å². The molecule has 3 aromatic carbocycles.